The van der Waals surface area contributed by atoms with Gasteiger partial charge in [0.05, 0.1) is 28.7 Å². The average molecular weight is 490 g/mol. The van der Waals surface area contributed by atoms with E-state index in [1.165, 1.54) is 0 Å². The number of H-pyrrole nitrogens is 1. The standard InChI is InChI=1S/C27H31N5O4/c28-18-19-14-15-21-23(17-19)30-26(29-21)22(31-27(34)20-9-3-1-4-10-20)11-5-2-6-12-24(33)32-36-25-13-7-8-16-35-25/h1,3-4,9-10,14-15,17,22,25H,2,5-8,11-13,16H2,(H,29,30)(H,31,34)(H,32,33)/t22-,25?/m0/s1. The summed E-state index contributed by atoms with van der Waals surface area (Å²) >= 11 is 0. The smallest absolute Gasteiger partial charge is 0.251 e. The molecule has 0 bridgehead atoms. The number of nitrogens with zero attached hydrogens (tertiary/aromatic N) is 2. The van der Waals surface area contributed by atoms with Gasteiger partial charge in [0.25, 0.3) is 5.91 Å². The summed E-state index contributed by atoms with van der Waals surface area (Å²) in [5.41, 5.74) is 5.08. The first-order chi connectivity index (χ1) is 17.6. The molecule has 1 unspecified atom stereocenters. The molecule has 1 saturated heterocycles. The van der Waals surface area contributed by atoms with Crippen LogP contribution in [0.3, 0.4) is 0 Å². The SMILES string of the molecule is N#Cc1ccc2[nH]c([C@H](CCCCCC(=O)NOC3CCCCO3)NC(=O)c3ccccc3)nc2c1. The summed E-state index contributed by atoms with van der Waals surface area (Å²) in [4.78, 5) is 38.2. The number of nitriles is 1. The van der Waals surface area contributed by atoms with Crippen molar-refractivity contribution in [1.29, 1.82) is 5.26 Å². The van der Waals surface area contributed by atoms with E-state index in [4.69, 9.17) is 9.57 Å². The van der Waals surface area contributed by atoms with Gasteiger partial charge in [-0.15, -0.1) is 0 Å². The second kappa shape index (κ2) is 12.8. The Kier molecular flexibility index (Phi) is 9.03. The van der Waals surface area contributed by atoms with Gasteiger partial charge in [-0.25, -0.2) is 15.3 Å². The molecular weight excluding hydrogens is 458 g/mol. The number of hydrogen-bond donors (Lipinski definition) is 3. The van der Waals surface area contributed by atoms with Gasteiger partial charge in [-0.1, -0.05) is 31.0 Å². The molecule has 2 atom stereocenters. The molecule has 2 aromatic carbocycles. The molecule has 2 heterocycles. The van der Waals surface area contributed by atoms with Gasteiger partial charge < -0.3 is 15.0 Å². The molecule has 0 radical (unpaired) electrons. The van der Waals surface area contributed by atoms with Crippen LogP contribution in [0.2, 0.25) is 0 Å². The van der Waals surface area contributed by atoms with E-state index in [0.717, 1.165) is 37.6 Å². The van der Waals surface area contributed by atoms with E-state index >= 15 is 0 Å². The Bertz CT molecular complexity index is 1200. The number of aromatic nitrogens is 2. The summed E-state index contributed by atoms with van der Waals surface area (Å²) in [5.74, 6) is 0.298. The molecule has 0 saturated carbocycles. The van der Waals surface area contributed by atoms with Crippen LogP contribution < -0.4 is 10.8 Å². The number of carbonyl (C=O) groups excluding carboxylic acids is 2. The monoisotopic (exact) mass is 489 g/mol. The Morgan fingerprint density at radius 3 is 2.81 bits per heavy atom. The van der Waals surface area contributed by atoms with Crippen molar-refractivity contribution in [3.63, 3.8) is 0 Å². The lowest BCUT2D eigenvalue weighted by molar-refractivity contribution is -0.200. The van der Waals surface area contributed by atoms with Crippen molar-refractivity contribution < 1.29 is 19.2 Å². The second-order valence-electron chi connectivity index (χ2n) is 8.90. The molecule has 9 heteroatoms. The van der Waals surface area contributed by atoms with E-state index in [-0.39, 0.29) is 24.1 Å². The maximum Gasteiger partial charge on any atom is 0.251 e. The van der Waals surface area contributed by atoms with Crippen LogP contribution in [0.1, 0.15) is 79.2 Å². The van der Waals surface area contributed by atoms with Crippen molar-refractivity contribution in [1.82, 2.24) is 20.8 Å². The van der Waals surface area contributed by atoms with Gasteiger partial charge in [-0.2, -0.15) is 5.26 Å². The number of carbonyl (C=O) groups is 2. The first kappa shape index (κ1) is 25.4. The average Bonchev–Trinajstić information content (AvgIpc) is 3.35. The third-order valence-electron chi connectivity index (χ3n) is 6.14. The molecular formula is C27H31N5O4. The minimum absolute atomic E-state index is 0.163. The molecule has 3 N–H and O–H groups in total. The van der Waals surface area contributed by atoms with E-state index in [0.29, 0.717) is 48.3 Å². The van der Waals surface area contributed by atoms with Gasteiger partial charge in [-0.05, 0) is 56.0 Å². The van der Waals surface area contributed by atoms with Crippen molar-refractivity contribution in [2.24, 2.45) is 0 Å². The van der Waals surface area contributed by atoms with Gasteiger partial charge in [-0.3, -0.25) is 9.59 Å². The Morgan fingerprint density at radius 1 is 1.17 bits per heavy atom. The molecule has 9 nitrogen and oxygen atoms in total. The van der Waals surface area contributed by atoms with Crippen LogP contribution in [-0.2, 0) is 14.4 Å². The van der Waals surface area contributed by atoms with E-state index < -0.39 is 0 Å². The summed E-state index contributed by atoms with van der Waals surface area (Å²) in [5, 5.41) is 12.3. The van der Waals surface area contributed by atoms with Crippen LogP contribution in [0.15, 0.2) is 48.5 Å². The second-order valence-corrected chi connectivity index (χ2v) is 8.90. The summed E-state index contributed by atoms with van der Waals surface area (Å²) in [6.07, 6.45) is 5.80. The molecule has 1 aliphatic rings. The maximum atomic E-state index is 12.9. The number of hydrogen-bond acceptors (Lipinski definition) is 6. The molecule has 0 aliphatic carbocycles. The molecule has 2 amide bonds. The largest absolute Gasteiger partial charge is 0.350 e. The number of hydroxylamine groups is 1. The van der Waals surface area contributed by atoms with E-state index in [9.17, 15) is 14.9 Å². The number of ether oxygens (including phenoxy) is 1. The predicted octanol–water partition coefficient (Wildman–Crippen LogP) is 4.43. The lowest BCUT2D eigenvalue weighted by Gasteiger charge is -2.22. The fourth-order valence-electron chi connectivity index (χ4n) is 4.17. The minimum atomic E-state index is -0.357. The van der Waals surface area contributed by atoms with Crippen molar-refractivity contribution in [2.45, 2.75) is 63.7 Å². The summed E-state index contributed by atoms with van der Waals surface area (Å²) in [7, 11) is 0. The topological polar surface area (TPSA) is 129 Å². The molecule has 4 rings (SSSR count). The van der Waals surface area contributed by atoms with Gasteiger partial charge >= 0.3 is 0 Å². The predicted molar refractivity (Wildman–Crippen MR) is 133 cm³/mol. The Morgan fingerprint density at radius 2 is 2.03 bits per heavy atom. The van der Waals surface area contributed by atoms with Crippen LogP contribution in [0.5, 0.6) is 0 Å². The fourth-order valence-corrected chi connectivity index (χ4v) is 4.17. The molecule has 1 aliphatic heterocycles. The number of rotatable bonds is 11. The lowest BCUT2D eigenvalue weighted by atomic mass is 10.1. The van der Waals surface area contributed by atoms with E-state index in [2.05, 4.69) is 26.8 Å². The first-order valence-corrected chi connectivity index (χ1v) is 12.4. The summed E-state index contributed by atoms with van der Waals surface area (Å²) in [6, 6.07) is 16.1. The third-order valence-corrected chi connectivity index (χ3v) is 6.14. The number of nitrogens with one attached hydrogen (secondary N) is 3. The number of benzene rings is 2. The number of fused-ring (bicyclic) bond motifs is 1. The van der Waals surface area contributed by atoms with Crippen molar-refractivity contribution in [3.8, 4) is 6.07 Å². The molecule has 36 heavy (non-hydrogen) atoms. The van der Waals surface area contributed by atoms with Gasteiger partial charge in [0.2, 0.25) is 5.91 Å². The highest BCUT2D eigenvalue weighted by atomic mass is 16.8. The number of unbranched alkanes of at least 4 members (excludes halogenated alkanes) is 2. The normalized spacial score (nSPS) is 16.2. The quantitative estimate of drug-likeness (QED) is 0.270. The third kappa shape index (κ3) is 7.13. The van der Waals surface area contributed by atoms with Crippen molar-refractivity contribution >= 4 is 22.8 Å². The molecule has 0 spiro atoms. The molecule has 3 aromatic rings. The van der Waals surface area contributed by atoms with Crippen LogP contribution in [0.4, 0.5) is 0 Å². The van der Waals surface area contributed by atoms with Crippen LogP contribution in [0.25, 0.3) is 11.0 Å². The number of amides is 2. The molecule has 188 valence electrons. The highest BCUT2D eigenvalue weighted by Crippen LogP contribution is 2.23. The van der Waals surface area contributed by atoms with Crippen LogP contribution in [0, 0.1) is 11.3 Å². The van der Waals surface area contributed by atoms with Gasteiger partial charge in [0.1, 0.15) is 5.82 Å². The van der Waals surface area contributed by atoms with Crippen molar-refractivity contribution in [2.75, 3.05) is 6.61 Å². The van der Waals surface area contributed by atoms with Crippen molar-refractivity contribution in [3.05, 3.63) is 65.5 Å². The Hall–Kier alpha value is -3.74. The highest BCUT2D eigenvalue weighted by Gasteiger charge is 2.20. The van der Waals surface area contributed by atoms with Crippen LogP contribution >= 0.6 is 0 Å². The zero-order valence-electron chi connectivity index (χ0n) is 20.2. The first-order valence-electron chi connectivity index (χ1n) is 12.4. The lowest BCUT2D eigenvalue weighted by Crippen LogP contribution is -2.32. The maximum absolute atomic E-state index is 12.9. The summed E-state index contributed by atoms with van der Waals surface area (Å²) in [6.45, 7) is 0.660. The van der Waals surface area contributed by atoms with Gasteiger partial charge in [0.15, 0.2) is 6.29 Å². The Labute approximate surface area is 210 Å². The number of aromatic amines is 1. The zero-order chi connectivity index (χ0) is 25.2. The minimum Gasteiger partial charge on any atom is -0.350 e. The highest BCUT2D eigenvalue weighted by molar-refractivity contribution is 5.94. The Balaban J connectivity index is 1.31. The number of imidazole rings is 1. The van der Waals surface area contributed by atoms with Crippen LogP contribution in [-0.4, -0.2) is 34.7 Å². The van der Waals surface area contributed by atoms with E-state index in [1.54, 1.807) is 24.3 Å². The zero-order valence-corrected chi connectivity index (χ0v) is 20.2. The molecule has 1 aromatic heterocycles. The summed E-state index contributed by atoms with van der Waals surface area (Å²) < 4.78 is 5.44. The fraction of sp³-hybridized carbons (Fsp3) is 0.407. The van der Waals surface area contributed by atoms with E-state index in [1.807, 2.05) is 24.3 Å². The molecule has 1 fully saturated rings. The van der Waals surface area contributed by atoms with Gasteiger partial charge in [0, 0.05) is 25.0 Å².